The maximum atomic E-state index is 13.4. The lowest BCUT2D eigenvalue weighted by Crippen LogP contribution is -2.24. The Balaban J connectivity index is 1.44. The van der Waals surface area contributed by atoms with E-state index in [0.29, 0.717) is 74.6 Å². The number of hydrogen-bond donors (Lipinski definition) is 0. The van der Waals surface area contributed by atoms with Gasteiger partial charge in [0.15, 0.2) is 16.7 Å². The number of ether oxygens (including phenoxy) is 4. The minimum absolute atomic E-state index is 0.115. The van der Waals surface area contributed by atoms with Crippen LogP contribution in [0.5, 0.6) is 23.0 Å². The Kier molecular flexibility index (Phi) is 6.73. The summed E-state index contributed by atoms with van der Waals surface area (Å²) in [4.78, 5) is 22.7. The van der Waals surface area contributed by atoms with Crippen molar-refractivity contribution in [3.63, 3.8) is 0 Å². The average molecular weight is 511 g/mol. The largest absolute Gasteiger partial charge is 0.497 e. The van der Waals surface area contributed by atoms with Crippen LogP contribution in [0.2, 0.25) is 0 Å². The predicted octanol–water partition coefficient (Wildman–Crippen LogP) is 4.53. The van der Waals surface area contributed by atoms with Crippen LogP contribution in [0.4, 0.5) is 0 Å². The monoisotopic (exact) mass is 510 g/mol. The van der Waals surface area contributed by atoms with Crippen LogP contribution in [0.15, 0.2) is 44.8 Å². The van der Waals surface area contributed by atoms with Gasteiger partial charge in [-0.15, -0.1) is 0 Å². The molecule has 3 heterocycles. The normalized spacial score (nSPS) is 12.5. The van der Waals surface area contributed by atoms with E-state index in [1.54, 1.807) is 37.0 Å². The molecule has 2 aromatic carbocycles. The highest BCUT2D eigenvalue weighted by Crippen LogP contribution is 2.35. The van der Waals surface area contributed by atoms with Crippen molar-refractivity contribution in [1.29, 1.82) is 0 Å². The number of hydrogen-bond acceptors (Lipinski definition) is 10. The average Bonchev–Trinajstić information content (AvgIpc) is 3.55. The van der Waals surface area contributed by atoms with E-state index in [1.165, 1.54) is 11.8 Å². The Morgan fingerprint density at radius 3 is 2.44 bits per heavy atom. The van der Waals surface area contributed by atoms with E-state index in [1.807, 2.05) is 12.1 Å². The second-order valence-corrected chi connectivity index (χ2v) is 9.60. The van der Waals surface area contributed by atoms with Crippen molar-refractivity contribution in [3.8, 4) is 34.4 Å². The van der Waals surface area contributed by atoms with Gasteiger partial charge in [-0.1, -0.05) is 30.8 Å². The zero-order valence-corrected chi connectivity index (χ0v) is 21.3. The van der Waals surface area contributed by atoms with Crippen LogP contribution in [0.1, 0.15) is 26.2 Å². The molecule has 2 aromatic heterocycles. The smallest absolute Gasteiger partial charge is 0.262 e. The van der Waals surface area contributed by atoms with E-state index in [2.05, 4.69) is 24.0 Å². The fourth-order valence-corrected chi connectivity index (χ4v) is 4.64. The van der Waals surface area contributed by atoms with E-state index in [0.717, 1.165) is 6.42 Å². The second kappa shape index (κ2) is 10.1. The van der Waals surface area contributed by atoms with Gasteiger partial charge in [0.1, 0.15) is 11.5 Å². The third kappa shape index (κ3) is 4.83. The Hall–Kier alpha value is -3.73. The molecule has 4 aromatic rings. The fraction of sp³-hybridized carbons (Fsp3) is 0.360. The Morgan fingerprint density at radius 1 is 1.03 bits per heavy atom. The molecule has 0 radical (unpaired) electrons. The van der Waals surface area contributed by atoms with E-state index in [-0.39, 0.29) is 12.4 Å². The van der Waals surface area contributed by atoms with Crippen molar-refractivity contribution in [2.75, 3.05) is 21.0 Å². The van der Waals surface area contributed by atoms with Gasteiger partial charge < -0.3 is 23.5 Å². The maximum Gasteiger partial charge on any atom is 0.262 e. The first-order valence-corrected chi connectivity index (χ1v) is 12.5. The van der Waals surface area contributed by atoms with Crippen molar-refractivity contribution in [2.45, 2.75) is 37.7 Å². The second-order valence-electron chi connectivity index (χ2n) is 8.66. The van der Waals surface area contributed by atoms with Gasteiger partial charge in [-0.2, -0.15) is 4.98 Å². The molecule has 0 amide bonds. The van der Waals surface area contributed by atoms with Crippen LogP contribution in [0.25, 0.3) is 22.3 Å². The van der Waals surface area contributed by atoms with Gasteiger partial charge in [-0.25, -0.2) is 4.98 Å². The molecular formula is C25H26N4O6S. The minimum Gasteiger partial charge on any atom is -0.497 e. The zero-order valence-electron chi connectivity index (χ0n) is 20.4. The topological polar surface area (TPSA) is 111 Å². The molecular weight excluding hydrogens is 484 g/mol. The number of benzene rings is 2. The van der Waals surface area contributed by atoms with Crippen molar-refractivity contribution < 1.29 is 23.5 Å². The first-order chi connectivity index (χ1) is 17.4. The molecule has 10 nitrogen and oxygen atoms in total. The van der Waals surface area contributed by atoms with Crippen LogP contribution >= 0.6 is 11.8 Å². The Labute approximate surface area is 211 Å². The molecule has 0 fully saturated rings. The SMILES string of the molecule is COc1cc(OC)cc(-c2noc(CSc3nc4cc5c(cc4c(=O)n3CCC(C)C)OCO5)n2)c1. The van der Waals surface area contributed by atoms with Gasteiger partial charge in [-0.3, -0.25) is 9.36 Å². The van der Waals surface area contributed by atoms with Crippen LogP contribution in [-0.4, -0.2) is 40.7 Å². The highest BCUT2D eigenvalue weighted by Gasteiger charge is 2.20. The van der Waals surface area contributed by atoms with Crippen LogP contribution in [-0.2, 0) is 12.3 Å². The van der Waals surface area contributed by atoms with Gasteiger partial charge in [-0.05, 0) is 30.5 Å². The molecule has 0 unspecified atom stereocenters. The van der Waals surface area contributed by atoms with Crippen molar-refractivity contribution in [2.24, 2.45) is 5.92 Å². The predicted molar refractivity (Wildman–Crippen MR) is 134 cm³/mol. The molecule has 5 rings (SSSR count). The summed E-state index contributed by atoms with van der Waals surface area (Å²) in [7, 11) is 3.17. The van der Waals surface area contributed by atoms with Crippen molar-refractivity contribution >= 4 is 22.7 Å². The summed E-state index contributed by atoms with van der Waals surface area (Å²) in [6, 6.07) is 8.84. The Morgan fingerprint density at radius 2 is 1.75 bits per heavy atom. The molecule has 188 valence electrons. The highest BCUT2D eigenvalue weighted by atomic mass is 32.2. The molecule has 0 spiro atoms. The molecule has 36 heavy (non-hydrogen) atoms. The molecule has 0 bridgehead atoms. The molecule has 0 atom stereocenters. The zero-order chi connectivity index (χ0) is 25.2. The Bertz CT molecular complexity index is 1440. The van der Waals surface area contributed by atoms with E-state index in [9.17, 15) is 4.79 Å². The molecule has 1 aliphatic rings. The molecule has 0 saturated heterocycles. The van der Waals surface area contributed by atoms with Gasteiger partial charge in [0, 0.05) is 24.2 Å². The van der Waals surface area contributed by atoms with Crippen LogP contribution in [0.3, 0.4) is 0 Å². The quantitative estimate of drug-likeness (QED) is 0.235. The van der Waals surface area contributed by atoms with Crippen molar-refractivity contribution in [3.05, 3.63) is 46.6 Å². The van der Waals surface area contributed by atoms with E-state index in [4.69, 9.17) is 28.5 Å². The summed E-state index contributed by atoms with van der Waals surface area (Å²) < 4.78 is 28.8. The number of fused-ring (bicyclic) bond motifs is 2. The third-order valence-electron chi connectivity index (χ3n) is 5.75. The first-order valence-electron chi connectivity index (χ1n) is 11.5. The minimum atomic E-state index is -0.115. The molecule has 0 aliphatic carbocycles. The van der Waals surface area contributed by atoms with Gasteiger partial charge in [0.2, 0.25) is 18.5 Å². The lowest BCUT2D eigenvalue weighted by atomic mass is 10.1. The van der Waals surface area contributed by atoms with Gasteiger partial charge >= 0.3 is 0 Å². The summed E-state index contributed by atoms with van der Waals surface area (Å²) in [5.41, 5.74) is 1.15. The summed E-state index contributed by atoms with van der Waals surface area (Å²) in [5.74, 6) is 4.00. The summed E-state index contributed by atoms with van der Waals surface area (Å²) in [5, 5.41) is 5.19. The van der Waals surface area contributed by atoms with E-state index >= 15 is 0 Å². The molecule has 1 aliphatic heterocycles. The molecule has 0 N–H and O–H groups in total. The number of thioether (sulfide) groups is 1. The number of aromatic nitrogens is 4. The van der Waals surface area contributed by atoms with Crippen molar-refractivity contribution in [1.82, 2.24) is 19.7 Å². The van der Waals surface area contributed by atoms with Crippen LogP contribution < -0.4 is 24.5 Å². The lowest BCUT2D eigenvalue weighted by Gasteiger charge is -2.14. The third-order valence-corrected chi connectivity index (χ3v) is 6.71. The fourth-order valence-electron chi connectivity index (χ4n) is 3.78. The first kappa shape index (κ1) is 24.0. The highest BCUT2D eigenvalue weighted by molar-refractivity contribution is 7.98. The van der Waals surface area contributed by atoms with Gasteiger partial charge in [0.05, 0.1) is 30.9 Å². The van der Waals surface area contributed by atoms with E-state index < -0.39 is 0 Å². The number of nitrogens with zero attached hydrogens (tertiary/aromatic N) is 4. The lowest BCUT2D eigenvalue weighted by molar-refractivity contribution is 0.174. The number of methoxy groups -OCH3 is 2. The molecule has 0 saturated carbocycles. The maximum absolute atomic E-state index is 13.4. The summed E-state index contributed by atoms with van der Waals surface area (Å²) in [6.45, 7) is 4.93. The summed E-state index contributed by atoms with van der Waals surface area (Å²) in [6.07, 6.45) is 0.841. The number of rotatable bonds is 9. The summed E-state index contributed by atoms with van der Waals surface area (Å²) >= 11 is 1.37. The molecule has 11 heteroatoms. The standard InChI is InChI=1S/C25H26N4O6S/c1-14(2)5-6-29-24(30)18-10-20-21(34-13-33-20)11-19(18)26-25(29)36-12-22-27-23(28-35-22)15-7-16(31-3)9-17(8-15)32-4/h7-11,14H,5-6,12-13H2,1-4H3. The van der Waals surface area contributed by atoms with Gasteiger partial charge in [0.25, 0.3) is 5.56 Å². The van der Waals surface area contributed by atoms with Crippen LogP contribution in [0, 0.1) is 5.92 Å².